The summed E-state index contributed by atoms with van der Waals surface area (Å²) in [5.41, 5.74) is 0. The van der Waals surface area contributed by atoms with E-state index in [1.54, 1.807) is 6.92 Å². The Balaban J connectivity index is 4.52. The van der Waals surface area contributed by atoms with Crippen molar-refractivity contribution in [3.63, 3.8) is 0 Å². The number of carbonyl (C=O) groups is 2. The first kappa shape index (κ1) is 14.1. The van der Waals surface area contributed by atoms with E-state index < -0.39 is 5.92 Å². The fraction of sp³-hybridized carbons (Fsp3) is 0.833. The second-order valence-electron chi connectivity index (χ2n) is 4.54. The molecule has 15 heavy (non-hydrogen) atoms. The third kappa shape index (κ3) is 4.96. The maximum Gasteiger partial charge on any atom is 0.316 e. The first-order valence-corrected chi connectivity index (χ1v) is 5.59. The lowest BCUT2D eigenvalue weighted by atomic mass is 9.87. The van der Waals surface area contributed by atoms with Crippen molar-refractivity contribution in [1.82, 2.24) is 0 Å². The second-order valence-corrected chi connectivity index (χ2v) is 4.54. The molecular weight excluding hydrogens is 192 g/mol. The highest BCUT2D eigenvalue weighted by atomic mass is 16.5. The molecule has 0 aliphatic carbocycles. The minimum atomic E-state index is -0.590. The van der Waals surface area contributed by atoms with Crippen LogP contribution in [0.4, 0.5) is 0 Å². The van der Waals surface area contributed by atoms with Gasteiger partial charge in [0.25, 0.3) is 0 Å². The molecule has 0 radical (unpaired) electrons. The maximum atomic E-state index is 11.8. The lowest BCUT2D eigenvalue weighted by molar-refractivity contribution is -0.153. The van der Waals surface area contributed by atoms with Crippen molar-refractivity contribution in [3.05, 3.63) is 0 Å². The van der Waals surface area contributed by atoms with Crippen LogP contribution in [0.1, 0.15) is 41.0 Å². The standard InChI is InChI=1S/C12H22O3/c1-6-15-12(14)11(9(4)5)10(13)7-8(2)3/h8-9,11H,6-7H2,1-5H3. The van der Waals surface area contributed by atoms with Gasteiger partial charge >= 0.3 is 5.97 Å². The molecule has 0 rings (SSSR count). The monoisotopic (exact) mass is 214 g/mol. The smallest absolute Gasteiger partial charge is 0.316 e. The van der Waals surface area contributed by atoms with E-state index in [4.69, 9.17) is 4.74 Å². The van der Waals surface area contributed by atoms with Crippen LogP contribution in [0.15, 0.2) is 0 Å². The van der Waals surface area contributed by atoms with Crippen LogP contribution in [0.2, 0.25) is 0 Å². The second kappa shape index (κ2) is 6.59. The van der Waals surface area contributed by atoms with Gasteiger partial charge in [-0.3, -0.25) is 9.59 Å². The molecule has 0 aromatic rings. The highest BCUT2D eigenvalue weighted by molar-refractivity contribution is 5.99. The summed E-state index contributed by atoms with van der Waals surface area (Å²) in [6, 6.07) is 0. The number of carbonyl (C=O) groups excluding carboxylic acids is 2. The Bertz CT molecular complexity index is 219. The van der Waals surface area contributed by atoms with E-state index in [9.17, 15) is 9.59 Å². The summed E-state index contributed by atoms with van der Waals surface area (Å²) in [6.07, 6.45) is 0.446. The Labute approximate surface area is 92.2 Å². The summed E-state index contributed by atoms with van der Waals surface area (Å²) < 4.78 is 4.91. The molecular formula is C12H22O3. The van der Waals surface area contributed by atoms with Gasteiger partial charge in [0.1, 0.15) is 11.7 Å². The molecule has 0 spiro atoms. The van der Waals surface area contributed by atoms with Gasteiger partial charge in [0.15, 0.2) is 0 Å². The molecule has 0 heterocycles. The minimum Gasteiger partial charge on any atom is -0.465 e. The number of esters is 1. The summed E-state index contributed by atoms with van der Waals surface area (Å²) in [5.74, 6) is -0.674. The summed E-state index contributed by atoms with van der Waals surface area (Å²) >= 11 is 0. The minimum absolute atomic E-state index is 0.00144. The molecule has 0 amide bonds. The zero-order chi connectivity index (χ0) is 12.0. The first-order chi connectivity index (χ1) is 6.90. The van der Waals surface area contributed by atoms with E-state index >= 15 is 0 Å². The fourth-order valence-corrected chi connectivity index (χ4v) is 1.54. The van der Waals surface area contributed by atoms with E-state index in [1.807, 2.05) is 27.7 Å². The van der Waals surface area contributed by atoms with Crippen LogP contribution in [0.5, 0.6) is 0 Å². The number of Topliss-reactive ketones (excluding diaryl/α,β-unsaturated/α-hetero) is 1. The van der Waals surface area contributed by atoms with Crippen LogP contribution >= 0.6 is 0 Å². The molecule has 0 fully saturated rings. The van der Waals surface area contributed by atoms with Gasteiger partial charge in [-0.05, 0) is 18.8 Å². The van der Waals surface area contributed by atoms with Gasteiger partial charge in [-0.1, -0.05) is 27.7 Å². The molecule has 1 unspecified atom stereocenters. The molecule has 0 N–H and O–H groups in total. The Morgan fingerprint density at radius 2 is 1.67 bits per heavy atom. The Morgan fingerprint density at radius 3 is 2.00 bits per heavy atom. The molecule has 0 saturated carbocycles. The van der Waals surface area contributed by atoms with Gasteiger partial charge in [-0.2, -0.15) is 0 Å². The lowest BCUT2D eigenvalue weighted by Gasteiger charge is -2.18. The molecule has 0 aromatic heterocycles. The van der Waals surface area contributed by atoms with Crippen LogP contribution < -0.4 is 0 Å². The van der Waals surface area contributed by atoms with E-state index in [0.29, 0.717) is 13.0 Å². The number of hydrogen-bond acceptors (Lipinski definition) is 3. The highest BCUT2D eigenvalue weighted by Gasteiger charge is 2.30. The molecule has 3 heteroatoms. The third-order valence-corrected chi connectivity index (χ3v) is 2.16. The SMILES string of the molecule is CCOC(=O)C(C(=O)CC(C)C)C(C)C. The van der Waals surface area contributed by atoms with Crippen LogP contribution in [0.25, 0.3) is 0 Å². The van der Waals surface area contributed by atoms with Crippen LogP contribution in [-0.4, -0.2) is 18.4 Å². The van der Waals surface area contributed by atoms with Crippen molar-refractivity contribution in [1.29, 1.82) is 0 Å². The van der Waals surface area contributed by atoms with Crippen LogP contribution in [-0.2, 0) is 14.3 Å². The third-order valence-electron chi connectivity index (χ3n) is 2.16. The van der Waals surface area contributed by atoms with Crippen LogP contribution in [0.3, 0.4) is 0 Å². The number of ketones is 1. The summed E-state index contributed by atoms with van der Waals surface area (Å²) in [5, 5.41) is 0. The topological polar surface area (TPSA) is 43.4 Å². The normalized spacial score (nSPS) is 13.0. The lowest BCUT2D eigenvalue weighted by Crippen LogP contribution is -2.31. The maximum absolute atomic E-state index is 11.8. The van der Waals surface area contributed by atoms with Gasteiger partial charge in [0.2, 0.25) is 0 Å². The summed E-state index contributed by atoms with van der Waals surface area (Å²) in [4.78, 5) is 23.4. The predicted molar refractivity (Wildman–Crippen MR) is 59.4 cm³/mol. The van der Waals surface area contributed by atoms with E-state index in [-0.39, 0.29) is 23.6 Å². The largest absolute Gasteiger partial charge is 0.465 e. The average molecular weight is 214 g/mol. The molecule has 3 nitrogen and oxygen atoms in total. The van der Waals surface area contributed by atoms with E-state index in [1.165, 1.54) is 0 Å². The van der Waals surface area contributed by atoms with Gasteiger partial charge in [0, 0.05) is 6.42 Å². The van der Waals surface area contributed by atoms with Crippen LogP contribution in [0, 0.1) is 17.8 Å². The van der Waals surface area contributed by atoms with Crippen molar-refractivity contribution in [2.45, 2.75) is 41.0 Å². The zero-order valence-electron chi connectivity index (χ0n) is 10.4. The molecule has 0 aliphatic rings. The summed E-state index contributed by atoms with van der Waals surface area (Å²) in [6.45, 7) is 9.78. The molecule has 0 aromatic carbocycles. The van der Waals surface area contributed by atoms with Crippen molar-refractivity contribution >= 4 is 11.8 Å². The Hall–Kier alpha value is -0.860. The van der Waals surface area contributed by atoms with Gasteiger partial charge in [-0.15, -0.1) is 0 Å². The number of rotatable bonds is 6. The summed E-state index contributed by atoms with van der Waals surface area (Å²) in [7, 11) is 0. The van der Waals surface area contributed by atoms with Gasteiger partial charge < -0.3 is 4.74 Å². The first-order valence-electron chi connectivity index (χ1n) is 5.59. The average Bonchev–Trinajstić information content (AvgIpc) is 2.01. The van der Waals surface area contributed by atoms with Crippen molar-refractivity contribution in [2.24, 2.45) is 17.8 Å². The van der Waals surface area contributed by atoms with Crippen molar-refractivity contribution in [2.75, 3.05) is 6.61 Å². The Morgan fingerprint density at radius 1 is 1.13 bits per heavy atom. The van der Waals surface area contributed by atoms with Crippen molar-refractivity contribution in [3.8, 4) is 0 Å². The molecule has 0 bridgehead atoms. The zero-order valence-corrected chi connectivity index (χ0v) is 10.4. The quantitative estimate of drug-likeness (QED) is 0.504. The van der Waals surface area contributed by atoms with E-state index in [0.717, 1.165) is 0 Å². The van der Waals surface area contributed by atoms with E-state index in [2.05, 4.69) is 0 Å². The molecule has 1 atom stereocenters. The molecule has 0 saturated heterocycles. The van der Waals surface area contributed by atoms with Crippen molar-refractivity contribution < 1.29 is 14.3 Å². The predicted octanol–water partition coefficient (Wildman–Crippen LogP) is 2.44. The molecule has 0 aliphatic heterocycles. The van der Waals surface area contributed by atoms with Gasteiger partial charge in [0.05, 0.1) is 6.61 Å². The number of hydrogen-bond donors (Lipinski definition) is 0. The fourth-order valence-electron chi connectivity index (χ4n) is 1.54. The highest BCUT2D eigenvalue weighted by Crippen LogP contribution is 2.18. The Kier molecular flexibility index (Phi) is 6.21. The van der Waals surface area contributed by atoms with Gasteiger partial charge in [-0.25, -0.2) is 0 Å². The number of ether oxygens (including phenoxy) is 1. The molecule has 88 valence electrons.